The van der Waals surface area contributed by atoms with Gasteiger partial charge in [0.05, 0.1) is 28.9 Å². The van der Waals surface area contributed by atoms with Gasteiger partial charge < -0.3 is 20.7 Å². The van der Waals surface area contributed by atoms with Crippen LogP contribution in [0.5, 0.6) is 0 Å². The quantitative estimate of drug-likeness (QED) is 0.0995. The highest BCUT2D eigenvalue weighted by Crippen LogP contribution is 2.25. The molecule has 3 N–H and O–H groups in total. The second-order valence-corrected chi connectivity index (χ2v) is 8.38. The number of rotatable bonds is 12. The van der Waals surface area contributed by atoms with E-state index in [-0.39, 0.29) is 29.6 Å². The van der Waals surface area contributed by atoms with E-state index in [9.17, 15) is 14.9 Å². The molecule has 0 atom stereocenters. The van der Waals surface area contributed by atoms with Crippen LogP contribution in [0.15, 0.2) is 72.9 Å². The summed E-state index contributed by atoms with van der Waals surface area (Å²) in [4.78, 5) is 36.6. The highest BCUT2D eigenvalue weighted by Gasteiger charge is 2.18. The van der Waals surface area contributed by atoms with Gasteiger partial charge in [-0.15, -0.1) is 0 Å². The first kappa shape index (κ1) is 27.5. The number of nitrogens with zero attached hydrogens (tertiary/aromatic N) is 5. The number of anilines is 3. The van der Waals surface area contributed by atoms with Gasteiger partial charge in [0.15, 0.2) is 0 Å². The van der Waals surface area contributed by atoms with Gasteiger partial charge >= 0.3 is 11.7 Å². The molecular weight excluding hydrogens is 512 g/mol. The zero-order valence-electron chi connectivity index (χ0n) is 21.6. The normalized spacial score (nSPS) is 10.3. The van der Waals surface area contributed by atoms with Crippen LogP contribution in [0.2, 0.25) is 0 Å². The zero-order valence-corrected chi connectivity index (χ0v) is 21.6. The zero-order chi connectivity index (χ0) is 28.3. The number of nitriles is 1. The Balaban J connectivity index is 1.42. The van der Waals surface area contributed by atoms with E-state index in [0.717, 1.165) is 5.56 Å². The van der Waals surface area contributed by atoms with Crippen molar-refractivity contribution in [2.75, 3.05) is 35.6 Å². The lowest BCUT2D eigenvalue weighted by molar-refractivity contribution is -0.384. The summed E-state index contributed by atoms with van der Waals surface area (Å²) in [5, 5.41) is 29.8. The molecule has 0 saturated carbocycles. The number of ether oxygens (including phenoxy) is 1. The smallest absolute Gasteiger partial charge is 0.341 e. The Morgan fingerprint density at radius 3 is 2.45 bits per heavy atom. The summed E-state index contributed by atoms with van der Waals surface area (Å²) in [6, 6.07) is 21.2. The Labute approximate surface area is 230 Å². The fourth-order valence-corrected chi connectivity index (χ4v) is 3.72. The molecule has 0 aliphatic carbocycles. The third-order valence-corrected chi connectivity index (χ3v) is 5.66. The van der Waals surface area contributed by atoms with E-state index in [1.54, 1.807) is 37.3 Å². The van der Waals surface area contributed by atoms with Crippen molar-refractivity contribution in [1.82, 2.24) is 15.0 Å². The second kappa shape index (κ2) is 13.3. The van der Waals surface area contributed by atoms with E-state index in [2.05, 4.69) is 37.0 Å². The number of hydrogen-bond donors (Lipinski definition) is 3. The van der Waals surface area contributed by atoms with Gasteiger partial charge in [0.2, 0.25) is 11.8 Å². The molecule has 0 bridgehead atoms. The van der Waals surface area contributed by atoms with Gasteiger partial charge in [0.1, 0.15) is 11.4 Å². The van der Waals surface area contributed by atoms with Crippen LogP contribution < -0.4 is 16.0 Å². The van der Waals surface area contributed by atoms with Crippen LogP contribution in [-0.4, -0.2) is 45.5 Å². The van der Waals surface area contributed by atoms with Crippen LogP contribution in [-0.2, 0) is 11.3 Å². The van der Waals surface area contributed by atoms with Crippen molar-refractivity contribution in [2.45, 2.75) is 13.5 Å². The summed E-state index contributed by atoms with van der Waals surface area (Å²) in [7, 11) is 0. The average Bonchev–Trinajstić information content (AvgIpc) is 2.99. The predicted molar refractivity (Wildman–Crippen MR) is 150 cm³/mol. The minimum Gasteiger partial charge on any atom is -0.462 e. The molecule has 12 nitrogen and oxygen atoms in total. The Morgan fingerprint density at radius 1 is 1.00 bits per heavy atom. The van der Waals surface area contributed by atoms with E-state index in [0.29, 0.717) is 42.3 Å². The summed E-state index contributed by atoms with van der Waals surface area (Å²) < 4.78 is 5.14. The fourth-order valence-electron chi connectivity index (χ4n) is 3.72. The summed E-state index contributed by atoms with van der Waals surface area (Å²) >= 11 is 0. The number of nitro groups is 1. The topological polar surface area (TPSA) is 168 Å². The van der Waals surface area contributed by atoms with Crippen molar-refractivity contribution >= 4 is 29.2 Å². The van der Waals surface area contributed by atoms with E-state index >= 15 is 0 Å². The second-order valence-electron chi connectivity index (χ2n) is 8.38. The van der Waals surface area contributed by atoms with Crippen molar-refractivity contribution in [3.05, 3.63) is 99.7 Å². The molecule has 2 aromatic heterocycles. The summed E-state index contributed by atoms with van der Waals surface area (Å²) in [5.74, 6) is 0.364. The van der Waals surface area contributed by atoms with E-state index < -0.39 is 10.9 Å². The number of carbonyl (C=O) groups is 1. The molecule has 0 amide bonds. The Kier molecular flexibility index (Phi) is 9.13. The molecule has 4 aromatic rings. The Bertz CT molecular complexity index is 1520. The molecule has 2 heterocycles. The maximum absolute atomic E-state index is 12.5. The number of esters is 1. The van der Waals surface area contributed by atoms with Gasteiger partial charge in [-0.05, 0) is 30.7 Å². The number of aromatic nitrogens is 3. The Hall–Kier alpha value is -5.57. The first-order valence-corrected chi connectivity index (χ1v) is 12.4. The van der Waals surface area contributed by atoms with Crippen LogP contribution in [0.3, 0.4) is 0 Å². The van der Waals surface area contributed by atoms with Crippen molar-refractivity contribution in [1.29, 1.82) is 5.26 Å². The Morgan fingerprint density at radius 2 is 1.75 bits per heavy atom. The molecule has 0 saturated heterocycles. The lowest BCUT2D eigenvalue weighted by atomic mass is 10.1. The highest BCUT2D eigenvalue weighted by molar-refractivity contribution is 5.96. The third-order valence-electron chi connectivity index (χ3n) is 5.66. The first-order valence-electron chi connectivity index (χ1n) is 12.4. The van der Waals surface area contributed by atoms with Crippen LogP contribution >= 0.6 is 0 Å². The van der Waals surface area contributed by atoms with Gasteiger partial charge in [-0.2, -0.15) is 5.26 Å². The monoisotopic (exact) mass is 538 g/mol. The van der Waals surface area contributed by atoms with Crippen molar-refractivity contribution < 1.29 is 14.5 Å². The third kappa shape index (κ3) is 7.05. The number of benzene rings is 2. The van der Waals surface area contributed by atoms with E-state index in [4.69, 9.17) is 10.00 Å². The molecule has 0 aliphatic rings. The fraction of sp³-hybridized carbons (Fsp3) is 0.179. The molecule has 2 aromatic carbocycles. The largest absolute Gasteiger partial charge is 0.462 e. The van der Waals surface area contributed by atoms with Crippen LogP contribution in [0, 0.1) is 21.4 Å². The van der Waals surface area contributed by atoms with E-state index in [1.165, 1.54) is 12.3 Å². The standard InChI is InChI=1S/C28H26N8O4/c1-2-40-27(37)22-18-33-28(35-25(22)21-10-8-19(16-29)9-11-21)31-15-14-30-24-13-12-23(36(38)39)26(34-24)32-17-20-6-4-3-5-7-20/h3-13,18H,2,14-15,17H2,1H3,(H2,30,32,34)(H,31,33,35). The van der Waals surface area contributed by atoms with Gasteiger partial charge in [0, 0.05) is 37.5 Å². The lowest BCUT2D eigenvalue weighted by Gasteiger charge is -2.12. The molecule has 0 radical (unpaired) electrons. The molecule has 0 unspecified atom stereocenters. The van der Waals surface area contributed by atoms with Crippen LogP contribution in [0.25, 0.3) is 11.3 Å². The maximum atomic E-state index is 12.5. The molecular formula is C28H26N8O4. The van der Waals surface area contributed by atoms with Gasteiger partial charge in [0.25, 0.3) is 0 Å². The van der Waals surface area contributed by atoms with Crippen molar-refractivity contribution in [3.8, 4) is 17.3 Å². The minimum atomic E-state index is -0.545. The number of carbonyl (C=O) groups excluding carboxylic acids is 1. The van der Waals surface area contributed by atoms with E-state index in [1.807, 2.05) is 30.3 Å². The number of pyridine rings is 1. The summed E-state index contributed by atoms with van der Waals surface area (Å²) in [5.41, 5.74) is 2.55. The van der Waals surface area contributed by atoms with Crippen LogP contribution in [0.4, 0.5) is 23.3 Å². The molecule has 12 heteroatoms. The highest BCUT2D eigenvalue weighted by atomic mass is 16.6. The van der Waals surface area contributed by atoms with Crippen LogP contribution in [0.1, 0.15) is 28.4 Å². The minimum absolute atomic E-state index is 0.120. The van der Waals surface area contributed by atoms with Crippen molar-refractivity contribution in [3.63, 3.8) is 0 Å². The van der Waals surface area contributed by atoms with Gasteiger partial charge in [-0.3, -0.25) is 10.1 Å². The molecule has 202 valence electrons. The number of hydrogen-bond acceptors (Lipinski definition) is 11. The molecule has 0 fully saturated rings. The SMILES string of the molecule is CCOC(=O)c1cnc(NCCNc2ccc([N+](=O)[O-])c(NCc3ccccc3)n2)nc1-c1ccc(C#N)cc1. The average molecular weight is 539 g/mol. The van der Waals surface area contributed by atoms with Gasteiger partial charge in [-0.1, -0.05) is 42.5 Å². The maximum Gasteiger partial charge on any atom is 0.341 e. The molecule has 40 heavy (non-hydrogen) atoms. The van der Waals surface area contributed by atoms with Gasteiger partial charge in [-0.25, -0.2) is 19.7 Å². The lowest BCUT2D eigenvalue weighted by Crippen LogP contribution is -2.17. The predicted octanol–water partition coefficient (Wildman–Crippen LogP) is 4.63. The molecule has 0 aliphatic heterocycles. The first-order chi connectivity index (χ1) is 19.5. The molecule has 4 rings (SSSR count). The molecule has 0 spiro atoms. The summed E-state index contributed by atoms with van der Waals surface area (Å²) in [6.07, 6.45) is 1.40. The van der Waals surface area contributed by atoms with Crippen molar-refractivity contribution in [2.24, 2.45) is 0 Å². The summed E-state index contributed by atoms with van der Waals surface area (Å²) in [6.45, 7) is 3.10. The number of nitrogens with one attached hydrogen (secondary N) is 3.